The Hall–Kier alpha value is -1.99. The maximum absolute atomic E-state index is 9.56. The van der Waals surface area contributed by atoms with Gasteiger partial charge >= 0.3 is 0 Å². The van der Waals surface area contributed by atoms with Gasteiger partial charge < -0.3 is 9.72 Å². The zero-order chi connectivity index (χ0) is 14.7. The zero-order valence-electron chi connectivity index (χ0n) is 12.4. The second-order valence-electron chi connectivity index (χ2n) is 5.72. The lowest BCUT2D eigenvalue weighted by atomic mass is 9.94. The van der Waals surface area contributed by atoms with Gasteiger partial charge in [-0.3, -0.25) is 5.32 Å². The van der Waals surface area contributed by atoms with Crippen LogP contribution in [0.25, 0.3) is 10.9 Å². The van der Waals surface area contributed by atoms with E-state index in [0.29, 0.717) is 6.04 Å². The highest BCUT2D eigenvalue weighted by Crippen LogP contribution is 2.29. The van der Waals surface area contributed by atoms with Crippen LogP contribution in [0.4, 0.5) is 0 Å². The summed E-state index contributed by atoms with van der Waals surface area (Å²) >= 11 is 0. The molecule has 1 aromatic heterocycles. The first-order valence-corrected chi connectivity index (χ1v) is 7.62. The summed E-state index contributed by atoms with van der Waals surface area (Å²) in [5, 5.41) is 14.1. The quantitative estimate of drug-likeness (QED) is 0.900. The van der Waals surface area contributed by atoms with Crippen molar-refractivity contribution in [3.05, 3.63) is 30.0 Å². The molecule has 0 bridgehead atoms. The minimum atomic E-state index is -0.269. The minimum absolute atomic E-state index is 0.269. The van der Waals surface area contributed by atoms with Gasteiger partial charge in [0.2, 0.25) is 0 Å². The van der Waals surface area contributed by atoms with Crippen molar-refractivity contribution in [2.75, 3.05) is 7.11 Å². The lowest BCUT2D eigenvalue weighted by Gasteiger charge is -2.25. The lowest BCUT2D eigenvalue weighted by Crippen LogP contribution is -2.33. The van der Waals surface area contributed by atoms with Crippen molar-refractivity contribution in [2.24, 2.45) is 0 Å². The Kier molecular flexibility index (Phi) is 4.12. The molecule has 0 spiro atoms. The number of nitrogens with one attached hydrogen (secondary N) is 2. The van der Waals surface area contributed by atoms with Crippen LogP contribution in [0, 0.1) is 11.3 Å². The van der Waals surface area contributed by atoms with E-state index in [-0.39, 0.29) is 6.04 Å². The van der Waals surface area contributed by atoms with E-state index in [1.54, 1.807) is 7.11 Å². The highest BCUT2D eigenvalue weighted by Gasteiger charge is 2.21. The summed E-state index contributed by atoms with van der Waals surface area (Å²) in [5.74, 6) is 0.817. The van der Waals surface area contributed by atoms with Crippen LogP contribution in [0.5, 0.6) is 5.75 Å². The number of rotatable bonds is 4. The molecule has 1 fully saturated rings. The van der Waals surface area contributed by atoms with Crippen LogP contribution in [0.15, 0.2) is 24.4 Å². The summed E-state index contributed by atoms with van der Waals surface area (Å²) < 4.78 is 5.29. The first kappa shape index (κ1) is 14.0. The number of H-pyrrole nitrogens is 1. The smallest absolute Gasteiger partial charge is 0.123 e. The second kappa shape index (κ2) is 6.19. The number of nitriles is 1. The van der Waals surface area contributed by atoms with Gasteiger partial charge in [0, 0.05) is 28.7 Å². The number of nitrogens with zero attached hydrogens (tertiary/aromatic N) is 1. The van der Waals surface area contributed by atoms with E-state index < -0.39 is 0 Å². The Morgan fingerprint density at radius 2 is 2.14 bits per heavy atom. The molecule has 0 aliphatic heterocycles. The standard InChI is InChI=1S/C17H21N3O/c1-21-13-7-8-16-14(9-13)15(11-19-16)17(10-18)20-12-5-3-2-4-6-12/h7-9,11-12,17,19-20H,2-6H2,1H3. The van der Waals surface area contributed by atoms with E-state index >= 15 is 0 Å². The van der Waals surface area contributed by atoms with Gasteiger partial charge in [0.1, 0.15) is 11.8 Å². The Labute approximate surface area is 125 Å². The lowest BCUT2D eigenvalue weighted by molar-refractivity contribution is 0.360. The predicted molar refractivity (Wildman–Crippen MR) is 83.2 cm³/mol. The molecule has 1 heterocycles. The molecule has 1 aromatic carbocycles. The summed E-state index contributed by atoms with van der Waals surface area (Å²) in [6.07, 6.45) is 8.12. The third-order valence-corrected chi connectivity index (χ3v) is 4.37. The third-order valence-electron chi connectivity index (χ3n) is 4.37. The molecule has 1 aliphatic rings. The van der Waals surface area contributed by atoms with E-state index in [1.165, 1.54) is 32.1 Å². The maximum Gasteiger partial charge on any atom is 0.123 e. The molecule has 1 aliphatic carbocycles. The summed E-state index contributed by atoms with van der Waals surface area (Å²) in [6, 6.07) is 8.51. The van der Waals surface area contributed by atoms with Crippen LogP contribution in [0.2, 0.25) is 0 Å². The maximum atomic E-state index is 9.56. The molecular formula is C17H21N3O. The number of ether oxygens (including phenoxy) is 1. The molecule has 3 rings (SSSR count). The van der Waals surface area contributed by atoms with Crippen LogP contribution >= 0.6 is 0 Å². The van der Waals surface area contributed by atoms with E-state index in [9.17, 15) is 5.26 Å². The second-order valence-corrected chi connectivity index (χ2v) is 5.72. The van der Waals surface area contributed by atoms with Gasteiger partial charge in [0.25, 0.3) is 0 Å². The van der Waals surface area contributed by atoms with E-state index in [1.807, 2.05) is 24.4 Å². The van der Waals surface area contributed by atoms with E-state index in [4.69, 9.17) is 4.74 Å². The monoisotopic (exact) mass is 283 g/mol. The average molecular weight is 283 g/mol. The molecular weight excluding hydrogens is 262 g/mol. The number of hydrogen-bond acceptors (Lipinski definition) is 3. The minimum Gasteiger partial charge on any atom is -0.497 e. The van der Waals surface area contributed by atoms with Crippen LogP contribution in [0.3, 0.4) is 0 Å². The third kappa shape index (κ3) is 2.88. The van der Waals surface area contributed by atoms with Crippen LogP contribution in [0.1, 0.15) is 43.7 Å². The molecule has 4 nitrogen and oxygen atoms in total. The molecule has 1 saturated carbocycles. The summed E-state index contributed by atoms with van der Waals surface area (Å²) in [4.78, 5) is 3.24. The molecule has 4 heteroatoms. The summed E-state index contributed by atoms with van der Waals surface area (Å²) in [5.41, 5.74) is 2.05. The van der Waals surface area contributed by atoms with E-state index in [0.717, 1.165) is 22.2 Å². The van der Waals surface area contributed by atoms with Gasteiger partial charge in [-0.1, -0.05) is 19.3 Å². The fourth-order valence-corrected chi connectivity index (χ4v) is 3.19. The highest BCUT2D eigenvalue weighted by molar-refractivity contribution is 5.85. The van der Waals surface area contributed by atoms with Gasteiger partial charge in [0.15, 0.2) is 0 Å². The molecule has 1 unspecified atom stereocenters. The van der Waals surface area contributed by atoms with Gasteiger partial charge in [-0.25, -0.2) is 0 Å². The van der Waals surface area contributed by atoms with E-state index in [2.05, 4.69) is 16.4 Å². The first-order valence-electron chi connectivity index (χ1n) is 7.62. The van der Waals surface area contributed by atoms with Crippen LogP contribution in [-0.4, -0.2) is 18.1 Å². The average Bonchev–Trinajstić information content (AvgIpc) is 2.96. The summed E-state index contributed by atoms with van der Waals surface area (Å²) in [6.45, 7) is 0. The highest BCUT2D eigenvalue weighted by atomic mass is 16.5. The molecule has 0 radical (unpaired) electrons. The number of aromatic nitrogens is 1. The van der Waals surface area contributed by atoms with Crippen molar-refractivity contribution in [3.63, 3.8) is 0 Å². The van der Waals surface area contributed by atoms with Gasteiger partial charge in [-0.05, 0) is 31.0 Å². The fraction of sp³-hybridized carbons (Fsp3) is 0.471. The van der Waals surface area contributed by atoms with Gasteiger partial charge in [-0.2, -0.15) is 5.26 Å². The largest absolute Gasteiger partial charge is 0.497 e. The molecule has 0 amide bonds. The molecule has 21 heavy (non-hydrogen) atoms. The number of benzene rings is 1. The van der Waals surface area contributed by atoms with Crippen LogP contribution < -0.4 is 10.1 Å². The Balaban J connectivity index is 1.87. The topological polar surface area (TPSA) is 60.8 Å². The number of methoxy groups -OCH3 is 1. The van der Waals surface area contributed by atoms with Crippen molar-refractivity contribution in [1.82, 2.24) is 10.3 Å². The summed E-state index contributed by atoms with van der Waals surface area (Å²) in [7, 11) is 1.66. The van der Waals surface area contributed by atoms with Gasteiger partial charge in [-0.15, -0.1) is 0 Å². The fourth-order valence-electron chi connectivity index (χ4n) is 3.19. The first-order chi connectivity index (χ1) is 10.3. The predicted octanol–water partition coefficient (Wildman–Crippen LogP) is 3.66. The van der Waals surface area contributed by atoms with Crippen LogP contribution in [-0.2, 0) is 0 Å². The Morgan fingerprint density at radius 3 is 2.86 bits per heavy atom. The molecule has 2 N–H and O–H groups in total. The Morgan fingerprint density at radius 1 is 1.33 bits per heavy atom. The normalized spacial score (nSPS) is 17.5. The molecule has 110 valence electrons. The SMILES string of the molecule is COc1ccc2[nH]cc(C(C#N)NC3CCCCC3)c2c1. The zero-order valence-corrected chi connectivity index (χ0v) is 12.4. The van der Waals surface area contributed by atoms with Crippen molar-refractivity contribution in [1.29, 1.82) is 5.26 Å². The van der Waals surface area contributed by atoms with Gasteiger partial charge in [0.05, 0.1) is 13.2 Å². The number of fused-ring (bicyclic) bond motifs is 1. The Bertz CT molecular complexity index is 650. The van der Waals surface area contributed by atoms with Crippen molar-refractivity contribution < 1.29 is 4.74 Å². The molecule has 2 aromatic rings. The molecule has 1 atom stereocenters. The molecule has 0 saturated heterocycles. The van der Waals surface area contributed by atoms with Crippen molar-refractivity contribution in [2.45, 2.75) is 44.2 Å². The van der Waals surface area contributed by atoms with Crippen molar-refractivity contribution >= 4 is 10.9 Å². The number of hydrogen-bond donors (Lipinski definition) is 2. The number of aromatic amines is 1. The van der Waals surface area contributed by atoms with Crippen molar-refractivity contribution in [3.8, 4) is 11.8 Å².